The van der Waals surface area contributed by atoms with Crippen LogP contribution >= 0.6 is 0 Å². The van der Waals surface area contributed by atoms with Crippen molar-refractivity contribution < 1.29 is 9.53 Å². The summed E-state index contributed by atoms with van der Waals surface area (Å²) >= 11 is 0. The van der Waals surface area contributed by atoms with Crippen molar-refractivity contribution in [1.29, 1.82) is 0 Å². The molecule has 6 heteroatoms. The highest BCUT2D eigenvalue weighted by Crippen LogP contribution is 2.27. The van der Waals surface area contributed by atoms with Crippen LogP contribution in [0.1, 0.15) is 12.7 Å². The van der Waals surface area contributed by atoms with Gasteiger partial charge in [-0.25, -0.2) is 0 Å². The summed E-state index contributed by atoms with van der Waals surface area (Å²) in [6.45, 7) is 2.49. The number of allylic oxidation sites excluding steroid dienone is 4. The minimum absolute atomic E-state index is 0.312. The van der Waals surface area contributed by atoms with Crippen molar-refractivity contribution in [3.05, 3.63) is 42.3 Å². The van der Waals surface area contributed by atoms with Crippen molar-refractivity contribution in [2.24, 2.45) is 0 Å². The Morgan fingerprint density at radius 2 is 2.00 bits per heavy atom. The number of aryl methyl sites for hydroxylation is 1. The van der Waals surface area contributed by atoms with E-state index in [9.17, 15) is 4.79 Å². The fraction of sp³-hybridized carbons (Fsp3) is 0.333. The molecule has 0 amide bonds. The number of aromatic nitrogens is 4. The molecule has 0 atom stereocenters. The number of esters is 1. The number of nitrogens with zero attached hydrogens (tertiary/aromatic N) is 4. The number of carbonyl (C=O) groups is 1. The molecule has 0 saturated heterocycles. The molecule has 94 valence electrons. The minimum Gasteiger partial charge on any atom is -0.468 e. The molecule has 0 bridgehead atoms. The number of carbonyl (C=O) groups excluding carboxylic acids is 1. The highest BCUT2D eigenvalue weighted by molar-refractivity contribution is 5.87. The van der Waals surface area contributed by atoms with Gasteiger partial charge in [-0.2, -0.15) is 4.80 Å². The lowest BCUT2D eigenvalue weighted by molar-refractivity contribution is -0.144. The Morgan fingerprint density at radius 3 is 2.50 bits per heavy atom. The van der Waals surface area contributed by atoms with E-state index < -0.39 is 11.4 Å². The molecule has 0 spiro atoms. The summed E-state index contributed by atoms with van der Waals surface area (Å²) < 4.78 is 4.86. The molecule has 0 fully saturated rings. The first-order chi connectivity index (χ1) is 8.73. The first-order valence-corrected chi connectivity index (χ1v) is 5.63. The number of hydrogen-bond acceptors (Lipinski definition) is 5. The molecule has 0 aliphatic heterocycles. The molecule has 0 saturated carbocycles. The topological polar surface area (TPSA) is 69.9 Å². The average molecular weight is 246 g/mol. The number of hydrogen-bond donors (Lipinski definition) is 0. The average Bonchev–Trinajstić information content (AvgIpc) is 2.76. The molecule has 6 nitrogen and oxygen atoms in total. The lowest BCUT2D eigenvalue weighted by Crippen LogP contribution is -2.34. The summed E-state index contributed by atoms with van der Waals surface area (Å²) in [7, 11) is 1.34. The standard InChI is InChI=1S/C12H14N4O2/c1-3-16-14-10(13-15-16)12(11(17)18-2)8-6-4-5-7-9-12/h4-9H,3H2,1-2H3. The normalized spacial score (nSPS) is 16.6. The molecule has 2 rings (SSSR count). The van der Waals surface area contributed by atoms with Crippen molar-refractivity contribution in [3.8, 4) is 0 Å². The molecule has 0 N–H and O–H groups in total. The Bertz CT molecular complexity index is 512. The fourth-order valence-electron chi connectivity index (χ4n) is 1.69. The Labute approximate surface area is 105 Å². The highest BCUT2D eigenvalue weighted by Gasteiger charge is 2.41. The van der Waals surface area contributed by atoms with Gasteiger partial charge in [0.25, 0.3) is 0 Å². The molecule has 1 heterocycles. The van der Waals surface area contributed by atoms with E-state index in [4.69, 9.17) is 4.74 Å². The summed E-state index contributed by atoms with van der Waals surface area (Å²) in [5.74, 6) is -0.123. The van der Waals surface area contributed by atoms with E-state index in [0.29, 0.717) is 12.4 Å². The second kappa shape index (κ2) is 4.95. The largest absolute Gasteiger partial charge is 0.468 e. The zero-order chi connectivity index (χ0) is 13.0. The van der Waals surface area contributed by atoms with Gasteiger partial charge in [-0.3, -0.25) is 4.79 Å². The van der Waals surface area contributed by atoms with Gasteiger partial charge in [0.1, 0.15) is 0 Å². The smallest absolute Gasteiger partial charge is 0.327 e. The quantitative estimate of drug-likeness (QED) is 0.737. The zero-order valence-electron chi connectivity index (χ0n) is 10.3. The lowest BCUT2D eigenvalue weighted by atomic mass is 9.86. The van der Waals surface area contributed by atoms with Crippen LogP contribution in [0.2, 0.25) is 0 Å². The SMILES string of the molecule is CCn1nnc(C2(C(=O)OC)C=CC=CC=C2)n1. The minimum atomic E-state index is -1.11. The van der Waals surface area contributed by atoms with Crippen LogP contribution in [0.25, 0.3) is 0 Å². The predicted molar refractivity (Wildman–Crippen MR) is 64.6 cm³/mol. The van der Waals surface area contributed by atoms with Crippen LogP contribution in [0.5, 0.6) is 0 Å². The highest BCUT2D eigenvalue weighted by atomic mass is 16.5. The van der Waals surface area contributed by atoms with Crippen LogP contribution in [0, 0.1) is 0 Å². The summed E-state index contributed by atoms with van der Waals surface area (Å²) in [4.78, 5) is 13.5. The second-order valence-corrected chi connectivity index (χ2v) is 3.77. The van der Waals surface area contributed by atoms with E-state index in [1.807, 2.05) is 19.1 Å². The van der Waals surface area contributed by atoms with E-state index in [0.717, 1.165) is 0 Å². The third-order valence-corrected chi connectivity index (χ3v) is 2.68. The molecule has 1 aliphatic rings. The molecular formula is C12H14N4O2. The number of rotatable bonds is 3. The lowest BCUT2D eigenvalue weighted by Gasteiger charge is -2.19. The van der Waals surface area contributed by atoms with Gasteiger partial charge in [-0.05, 0) is 12.1 Å². The van der Waals surface area contributed by atoms with Crippen LogP contribution in [0.3, 0.4) is 0 Å². The van der Waals surface area contributed by atoms with Gasteiger partial charge in [0.2, 0.25) is 0 Å². The van der Waals surface area contributed by atoms with Crippen LogP contribution in [-0.4, -0.2) is 33.3 Å². The molecule has 0 aromatic carbocycles. The molecular weight excluding hydrogens is 232 g/mol. The summed E-state index contributed by atoms with van der Waals surface area (Å²) in [6.07, 6.45) is 10.6. The molecule has 0 unspecified atom stereocenters. The van der Waals surface area contributed by atoms with Crippen LogP contribution in [0.4, 0.5) is 0 Å². The van der Waals surface area contributed by atoms with Gasteiger partial charge in [0.05, 0.1) is 13.7 Å². The van der Waals surface area contributed by atoms with E-state index in [1.165, 1.54) is 11.9 Å². The maximum absolute atomic E-state index is 12.1. The van der Waals surface area contributed by atoms with Crippen LogP contribution < -0.4 is 0 Å². The van der Waals surface area contributed by atoms with Crippen molar-refractivity contribution in [2.75, 3.05) is 7.11 Å². The maximum Gasteiger partial charge on any atom is 0.327 e. The van der Waals surface area contributed by atoms with E-state index >= 15 is 0 Å². The third kappa shape index (κ3) is 1.97. The third-order valence-electron chi connectivity index (χ3n) is 2.68. The van der Waals surface area contributed by atoms with Gasteiger partial charge >= 0.3 is 5.97 Å². The van der Waals surface area contributed by atoms with Gasteiger partial charge in [-0.1, -0.05) is 36.5 Å². The van der Waals surface area contributed by atoms with E-state index in [1.54, 1.807) is 24.3 Å². The van der Waals surface area contributed by atoms with Gasteiger partial charge in [-0.15, -0.1) is 10.2 Å². The Balaban J connectivity index is 2.51. The first-order valence-electron chi connectivity index (χ1n) is 5.63. The summed E-state index contributed by atoms with van der Waals surface area (Å²) in [6, 6.07) is 0. The van der Waals surface area contributed by atoms with Crippen molar-refractivity contribution >= 4 is 5.97 Å². The predicted octanol–water partition coefficient (Wildman–Crippen LogP) is 0.786. The molecule has 1 aromatic heterocycles. The maximum atomic E-state index is 12.1. The molecule has 1 aliphatic carbocycles. The molecule has 0 radical (unpaired) electrons. The number of methoxy groups -OCH3 is 1. The Hall–Kier alpha value is -2.24. The molecule has 1 aromatic rings. The van der Waals surface area contributed by atoms with Crippen LogP contribution in [-0.2, 0) is 21.5 Å². The second-order valence-electron chi connectivity index (χ2n) is 3.77. The number of tetrazole rings is 1. The first kappa shape index (κ1) is 12.2. The Kier molecular flexibility index (Phi) is 3.36. The van der Waals surface area contributed by atoms with E-state index in [2.05, 4.69) is 15.4 Å². The van der Waals surface area contributed by atoms with Crippen LogP contribution in [0.15, 0.2) is 36.5 Å². The van der Waals surface area contributed by atoms with Crippen molar-refractivity contribution in [1.82, 2.24) is 20.2 Å². The van der Waals surface area contributed by atoms with Crippen molar-refractivity contribution in [3.63, 3.8) is 0 Å². The zero-order valence-corrected chi connectivity index (χ0v) is 10.3. The van der Waals surface area contributed by atoms with Crippen molar-refractivity contribution in [2.45, 2.75) is 18.9 Å². The summed E-state index contributed by atoms with van der Waals surface area (Å²) in [5, 5.41) is 12.0. The van der Waals surface area contributed by atoms with Gasteiger partial charge in [0, 0.05) is 0 Å². The van der Waals surface area contributed by atoms with Gasteiger partial charge in [0.15, 0.2) is 11.2 Å². The summed E-state index contributed by atoms with van der Waals surface area (Å²) in [5.41, 5.74) is -1.11. The van der Waals surface area contributed by atoms with E-state index in [-0.39, 0.29) is 0 Å². The fourth-order valence-corrected chi connectivity index (χ4v) is 1.69. The Morgan fingerprint density at radius 1 is 1.33 bits per heavy atom. The van der Waals surface area contributed by atoms with Gasteiger partial charge < -0.3 is 4.74 Å². The molecule has 18 heavy (non-hydrogen) atoms. The monoisotopic (exact) mass is 246 g/mol. The number of ether oxygens (including phenoxy) is 1.